The van der Waals surface area contributed by atoms with Gasteiger partial charge in [0.05, 0.1) is 47.7 Å². The Morgan fingerprint density at radius 3 is 1.04 bits per heavy atom. The van der Waals surface area contributed by atoms with Gasteiger partial charge in [-0.2, -0.15) is 0 Å². The third kappa shape index (κ3) is 3.57. The van der Waals surface area contributed by atoms with Gasteiger partial charge in [-0.3, -0.25) is 0 Å². The minimum absolute atomic E-state index is 0.736. The molecule has 0 saturated heterocycles. The van der Waals surface area contributed by atoms with Gasteiger partial charge >= 0.3 is 0 Å². The highest BCUT2D eigenvalue weighted by atomic mass is 16.5. The van der Waals surface area contributed by atoms with E-state index in [1.54, 1.807) is 14.2 Å². The van der Waals surface area contributed by atoms with Crippen LogP contribution in [0.4, 0.5) is 0 Å². The number of nitrogens with zero attached hydrogens (tertiary/aromatic N) is 2. The second kappa shape index (κ2) is 9.94. The number of hydrogen-bond acceptors (Lipinski definition) is 4. The summed E-state index contributed by atoms with van der Waals surface area (Å²) in [6, 6.07) is 46.6. The summed E-state index contributed by atoms with van der Waals surface area (Å²) in [7, 11) is 3.42. The number of fused-ring (bicyclic) bond motifs is 12. The molecule has 0 aliphatic heterocycles. The Morgan fingerprint density at radius 1 is 0.360 bits per heavy atom. The molecule has 6 heteroatoms. The zero-order chi connectivity index (χ0) is 33.1. The van der Waals surface area contributed by atoms with E-state index in [1.807, 2.05) is 18.2 Å². The molecular formula is C44H28N2O4. The zero-order valence-electron chi connectivity index (χ0n) is 27.2. The molecule has 11 aromatic rings. The van der Waals surface area contributed by atoms with Crippen molar-refractivity contribution in [1.29, 1.82) is 0 Å². The summed E-state index contributed by atoms with van der Waals surface area (Å²) in [5.74, 6) is 1.47. The highest BCUT2D eigenvalue weighted by Gasteiger charge is 2.22. The third-order valence-corrected chi connectivity index (χ3v) is 10.3. The Bertz CT molecular complexity index is 2870. The van der Waals surface area contributed by atoms with Gasteiger partial charge in [0.1, 0.15) is 33.8 Å². The molecule has 50 heavy (non-hydrogen) atoms. The fraction of sp³-hybridized carbons (Fsp3) is 0.0455. The average molecular weight is 649 g/mol. The first-order valence-corrected chi connectivity index (χ1v) is 16.7. The average Bonchev–Trinajstić information content (AvgIpc) is 3.89. The third-order valence-electron chi connectivity index (χ3n) is 10.3. The molecule has 0 amide bonds. The standard InChI is InChI=1S/C44H28N2O4/c1-47-43-23-41-31(20-37(43)45-33-15-7-3-11-25(33)26-12-4-8-16-34(26)45)29-19-30-32-21-38(44(48-2)24-42(32)50-40(30)22-39(29)49-41)46-35-17-9-5-13-27(35)28-14-6-10-18-36(28)46/h3-24H,1-2H3. The first-order chi connectivity index (χ1) is 24.7. The molecule has 0 spiro atoms. The smallest absolute Gasteiger partial charge is 0.146 e. The van der Waals surface area contributed by atoms with Gasteiger partial charge in [-0.1, -0.05) is 72.8 Å². The van der Waals surface area contributed by atoms with E-state index in [4.69, 9.17) is 18.3 Å². The number of furan rings is 2. The topological polar surface area (TPSA) is 54.6 Å². The van der Waals surface area contributed by atoms with Crippen molar-refractivity contribution in [2.45, 2.75) is 0 Å². The maximum absolute atomic E-state index is 6.49. The Morgan fingerprint density at radius 2 is 0.680 bits per heavy atom. The van der Waals surface area contributed by atoms with Gasteiger partial charge < -0.3 is 27.4 Å². The summed E-state index contributed by atoms with van der Waals surface area (Å²) in [6.45, 7) is 0. The summed E-state index contributed by atoms with van der Waals surface area (Å²) in [4.78, 5) is 0. The van der Waals surface area contributed by atoms with Crippen molar-refractivity contribution in [3.8, 4) is 22.9 Å². The quantitative estimate of drug-likeness (QED) is 0.191. The van der Waals surface area contributed by atoms with Crippen LogP contribution in [-0.4, -0.2) is 23.4 Å². The first-order valence-electron chi connectivity index (χ1n) is 16.7. The van der Waals surface area contributed by atoms with Crippen molar-refractivity contribution < 1.29 is 18.3 Å². The maximum Gasteiger partial charge on any atom is 0.146 e. The van der Waals surface area contributed by atoms with E-state index >= 15 is 0 Å². The number of aromatic nitrogens is 2. The fourth-order valence-electron chi connectivity index (χ4n) is 8.12. The molecule has 4 heterocycles. The largest absolute Gasteiger partial charge is 0.494 e. The Kier molecular flexibility index (Phi) is 5.43. The van der Waals surface area contributed by atoms with E-state index in [-0.39, 0.29) is 0 Å². The molecule has 0 radical (unpaired) electrons. The van der Waals surface area contributed by atoms with Crippen LogP contribution in [0.1, 0.15) is 0 Å². The van der Waals surface area contributed by atoms with Crippen molar-refractivity contribution in [2.75, 3.05) is 14.2 Å². The SMILES string of the molecule is COc1cc2oc3cc4oc5cc(OC)c(-n6c7ccccc7c7ccccc76)cc5c4cc3c2cc1-n1c2ccccc2c2ccccc21. The molecule has 0 bridgehead atoms. The van der Waals surface area contributed by atoms with E-state index < -0.39 is 0 Å². The second-order valence-electron chi connectivity index (χ2n) is 12.8. The molecule has 0 atom stereocenters. The first kappa shape index (κ1) is 27.3. The summed E-state index contributed by atoms with van der Waals surface area (Å²) in [6.07, 6.45) is 0. The molecular weight excluding hydrogens is 620 g/mol. The van der Waals surface area contributed by atoms with E-state index in [1.165, 1.54) is 21.5 Å². The highest BCUT2D eigenvalue weighted by molar-refractivity contribution is 6.17. The summed E-state index contributed by atoms with van der Waals surface area (Å²) >= 11 is 0. The van der Waals surface area contributed by atoms with Crippen LogP contribution in [0, 0.1) is 0 Å². The molecule has 11 rings (SSSR count). The Labute approximate surface area is 284 Å². The summed E-state index contributed by atoms with van der Waals surface area (Å²) in [5.41, 5.74) is 9.40. The Balaban J connectivity index is 1.19. The van der Waals surface area contributed by atoms with E-state index in [0.29, 0.717) is 0 Å². The van der Waals surface area contributed by atoms with Crippen LogP contribution in [0.3, 0.4) is 0 Å². The minimum Gasteiger partial charge on any atom is -0.494 e. The number of ether oxygens (including phenoxy) is 2. The van der Waals surface area contributed by atoms with Gasteiger partial charge in [-0.05, 0) is 42.5 Å². The lowest BCUT2D eigenvalue weighted by Crippen LogP contribution is -1.98. The number of benzene rings is 7. The molecule has 6 nitrogen and oxygen atoms in total. The molecule has 0 unspecified atom stereocenters. The van der Waals surface area contributed by atoms with Crippen LogP contribution >= 0.6 is 0 Å². The van der Waals surface area contributed by atoms with Crippen LogP contribution in [0.25, 0.3) is 98.9 Å². The lowest BCUT2D eigenvalue weighted by molar-refractivity contribution is 0.413. The van der Waals surface area contributed by atoms with E-state index in [9.17, 15) is 0 Å². The number of rotatable bonds is 4. The van der Waals surface area contributed by atoms with Gasteiger partial charge in [0.15, 0.2) is 0 Å². The fourth-order valence-corrected chi connectivity index (χ4v) is 8.12. The molecule has 0 aliphatic rings. The number of para-hydroxylation sites is 4. The van der Waals surface area contributed by atoms with Gasteiger partial charge in [-0.15, -0.1) is 0 Å². The summed E-state index contributed by atoms with van der Waals surface area (Å²) < 4.78 is 29.6. The highest BCUT2D eigenvalue weighted by Crippen LogP contribution is 2.44. The van der Waals surface area contributed by atoms with Crippen LogP contribution in [0.2, 0.25) is 0 Å². The van der Waals surface area contributed by atoms with Crippen LogP contribution < -0.4 is 9.47 Å². The monoisotopic (exact) mass is 648 g/mol. The molecule has 238 valence electrons. The van der Waals surface area contributed by atoms with Crippen LogP contribution in [-0.2, 0) is 0 Å². The van der Waals surface area contributed by atoms with E-state index in [0.717, 1.165) is 88.8 Å². The molecule has 4 aromatic heterocycles. The molecule has 0 aliphatic carbocycles. The lowest BCUT2D eigenvalue weighted by Gasteiger charge is -2.13. The minimum atomic E-state index is 0.736. The van der Waals surface area contributed by atoms with Gasteiger partial charge in [0, 0.05) is 61.3 Å². The normalized spacial score (nSPS) is 12.2. The van der Waals surface area contributed by atoms with Gasteiger partial charge in [0.2, 0.25) is 0 Å². The number of hydrogen-bond donors (Lipinski definition) is 0. The van der Waals surface area contributed by atoms with Crippen molar-refractivity contribution in [2.24, 2.45) is 0 Å². The number of methoxy groups -OCH3 is 2. The zero-order valence-corrected chi connectivity index (χ0v) is 27.2. The van der Waals surface area contributed by atoms with Gasteiger partial charge in [0.25, 0.3) is 0 Å². The van der Waals surface area contributed by atoms with Gasteiger partial charge in [-0.25, -0.2) is 0 Å². The molecule has 0 N–H and O–H groups in total. The summed E-state index contributed by atoms with van der Waals surface area (Å²) in [5, 5.41) is 8.82. The maximum atomic E-state index is 6.49. The van der Waals surface area contributed by atoms with Crippen LogP contribution in [0.15, 0.2) is 142 Å². The lowest BCUT2D eigenvalue weighted by atomic mass is 10.1. The Hall–Kier alpha value is -6.66. The second-order valence-corrected chi connectivity index (χ2v) is 12.8. The van der Waals surface area contributed by atoms with Crippen molar-refractivity contribution in [1.82, 2.24) is 9.13 Å². The van der Waals surface area contributed by atoms with E-state index in [2.05, 4.69) is 124 Å². The van der Waals surface area contributed by atoms with Crippen molar-refractivity contribution >= 4 is 87.5 Å². The molecule has 7 aromatic carbocycles. The molecule has 0 fully saturated rings. The van der Waals surface area contributed by atoms with Crippen molar-refractivity contribution in [3.05, 3.63) is 133 Å². The molecule has 0 saturated carbocycles. The predicted molar refractivity (Wildman–Crippen MR) is 203 cm³/mol. The predicted octanol–water partition coefficient (Wildman–Crippen LogP) is 11.7. The van der Waals surface area contributed by atoms with Crippen LogP contribution in [0.5, 0.6) is 11.5 Å². The van der Waals surface area contributed by atoms with Crippen molar-refractivity contribution in [3.63, 3.8) is 0 Å².